The number of aromatic nitrogens is 1. The van der Waals surface area contributed by atoms with Crippen LogP contribution in [0.25, 0.3) is 10.2 Å². The number of hydrogen-bond acceptors (Lipinski definition) is 4. The van der Waals surface area contributed by atoms with Crippen LogP contribution in [-0.4, -0.2) is 11.5 Å². The molecule has 3 rings (SSSR count). The van der Waals surface area contributed by atoms with E-state index in [2.05, 4.69) is 23.3 Å². The van der Waals surface area contributed by atoms with Crippen molar-refractivity contribution in [2.24, 2.45) is 11.8 Å². The van der Waals surface area contributed by atoms with E-state index in [-0.39, 0.29) is 0 Å². The van der Waals surface area contributed by atoms with Gasteiger partial charge in [0.05, 0.1) is 26.6 Å². The van der Waals surface area contributed by atoms with Crippen LogP contribution in [0.1, 0.15) is 44.0 Å². The normalized spacial score (nSPS) is 22.6. The number of fused-ring (bicyclic) bond motifs is 1. The van der Waals surface area contributed by atoms with Crippen LogP contribution in [-0.2, 0) is 0 Å². The quantitative estimate of drug-likeness (QED) is 0.796. The Morgan fingerprint density at radius 3 is 3.05 bits per heavy atom. The molecule has 1 aromatic carbocycles. The molecule has 1 aliphatic rings. The first-order valence-corrected chi connectivity index (χ1v) is 8.84. The van der Waals surface area contributed by atoms with E-state index in [0.717, 1.165) is 40.3 Å². The Labute approximate surface area is 131 Å². The van der Waals surface area contributed by atoms with Crippen molar-refractivity contribution in [3.05, 3.63) is 17.1 Å². The monoisotopic (exact) mass is 303 g/mol. The molecule has 2 aromatic rings. The lowest BCUT2D eigenvalue weighted by Crippen LogP contribution is -2.16. The van der Waals surface area contributed by atoms with E-state index in [4.69, 9.17) is 5.73 Å². The third-order valence-electron chi connectivity index (χ3n) is 4.58. The van der Waals surface area contributed by atoms with Crippen LogP contribution in [0, 0.1) is 18.8 Å². The second-order valence-electron chi connectivity index (χ2n) is 6.49. The fourth-order valence-electron chi connectivity index (χ4n) is 3.49. The summed E-state index contributed by atoms with van der Waals surface area (Å²) in [6.45, 7) is 5.44. The maximum Gasteiger partial charge on any atom is 0.0907 e. The molecule has 0 spiro atoms. The van der Waals surface area contributed by atoms with Crippen LogP contribution in [0.15, 0.2) is 12.1 Å². The van der Waals surface area contributed by atoms with Gasteiger partial charge in [0.2, 0.25) is 0 Å². The molecule has 1 aliphatic carbocycles. The van der Waals surface area contributed by atoms with Crippen LogP contribution < -0.4 is 11.1 Å². The highest BCUT2D eigenvalue weighted by Crippen LogP contribution is 2.32. The number of thiazole rings is 1. The van der Waals surface area contributed by atoms with Gasteiger partial charge in [-0.3, -0.25) is 0 Å². The van der Waals surface area contributed by atoms with Crippen molar-refractivity contribution in [1.82, 2.24) is 4.98 Å². The molecule has 0 amide bonds. The summed E-state index contributed by atoms with van der Waals surface area (Å²) in [4.78, 5) is 4.55. The molecule has 2 unspecified atom stereocenters. The van der Waals surface area contributed by atoms with Gasteiger partial charge in [0.25, 0.3) is 0 Å². The van der Waals surface area contributed by atoms with E-state index in [0.29, 0.717) is 0 Å². The second-order valence-corrected chi connectivity index (χ2v) is 7.73. The first-order chi connectivity index (χ1) is 10.1. The largest absolute Gasteiger partial charge is 0.397 e. The summed E-state index contributed by atoms with van der Waals surface area (Å²) >= 11 is 1.70. The summed E-state index contributed by atoms with van der Waals surface area (Å²) in [7, 11) is 0. The Hall–Kier alpha value is -1.29. The zero-order valence-electron chi connectivity index (χ0n) is 13.0. The highest BCUT2D eigenvalue weighted by Gasteiger charge is 2.18. The number of hydrogen-bond donors (Lipinski definition) is 2. The summed E-state index contributed by atoms with van der Waals surface area (Å²) in [5.41, 5.74) is 9.08. The molecule has 4 heteroatoms. The molecule has 0 radical (unpaired) electrons. The highest BCUT2D eigenvalue weighted by molar-refractivity contribution is 7.18. The SMILES string of the molecule is Cc1nc2cc(NCCC3CCCC(C)C3)c(N)cc2s1. The lowest BCUT2D eigenvalue weighted by molar-refractivity contribution is 0.274. The summed E-state index contributed by atoms with van der Waals surface area (Å²) in [5.74, 6) is 1.79. The van der Waals surface area contributed by atoms with E-state index in [1.165, 1.54) is 36.8 Å². The van der Waals surface area contributed by atoms with Crippen LogP contribution in [0.4, 0.5) is 11.4 Å². The summed E-state index contributed by atoms with van der Waals surface area (Å²) in [6, 6.07) is 4.14. The van der Waals surface area contributed by atoms with E-state index in [1.54, 1.807) is 11.3 Å². The molecular weight excluding hydrogens is 278 g/mol. The fraction of sp³-hybridized carbons (Fsp3) is 0.588. The Bertz CT molecular complexity index is 620. The standard InChI is InChI=1S/C17H25N3S/c1-11-4-3-5-13(8-11)6-7-19-15-10-16-17(9-14(15)18)21-12(2)20-16/h9-11,13,19H,3-8,18H2,1-2H3. The van der Waals surface area contributed by atoms with Crippen LogP contribution >= 0.6 is 11.3 Å². The Kier molecular flexibility index (Phi) is 4.34. The molecule has 1 saturated carbocycles. The fourth-order valence-corrected chi connectivity index (χ4v) is 4.35. The molecule has 0 saturated heterocycles. The third-order valence-corrected chi connectivity index (χ3v) is 5.51. The minimum Gasteiger partial charge on any atom is -0.397 e. The Morgan fingerprint density at radius 1 is 1.38 bits per heavy atom. The predicted octanol–water partition coefficient (Wildman–Crippen LogP) is 4.82. The van der Waals surface area contributed by atoms with Crippen molar-refractivity contribution in [2.75, 3.05) is 17.6 Å². The van der Waals surface area contributed by atoms with Gasteiger partial charge in [-0.2, -0.15) is 0 Å². The lowest BCUT2D eigenvalue weighted by atomic mass is 9.81. The van der Waals surface area contributed by atoms with Gasteiger partial charge in [-0.15, -0.1) is 11.3 Å². The van der Waals surface area contributed by atoms with Gasteiger partial charge in [-0.1, -0.05) is 26.2 Å². The maximum absolute atomic E-state index is 6.15. The van der Waals surface area contributed by atoms with E-state index in [9.17, 15) is 0 Å². The lowest BCUT2D eigenvalue weighted by Gasteiger charge is -2.26. The zero-order valence-corrected chi connectivity index (χ0v) is 13.8. The van der Waals surface area contributed by atoms with Gasteiger partial charge >= 0.3 is 0 Å². The molecular formula is C17H25N3S. The van der Waals surface area contributed by atoms with Crippen LogP contribution in [0.3, 0.4) is 0 Å². The van der Waals surface area contributed by atoms with Gasteiger partial charge in [-0.05, 0) is 43.7 Å². The number of nitrogens with two attached hydrogens (primary N) is 1. The molecule has 1 fully saturated rings. The molecule has 2 atom stereocenters. The van der Waals surface area contributed by atoms with Gasteiger partial charge in [0, 0.05) is 6.54 Å². The van der Waals surface area contributed by atoms with Gasteiger partial charge in [-0.25, -0.2) is 4.98 Å². The number of aryl methyl sites for hydroxylation is 1. The number of nitrogens with zero attached hydrogens (tertiary/aromatic N) is 1. The molecule has 21 heavy (non-hydrogen) atoms. The van der Waals surface area contributed by atoms with Crippen molar-refractivity contribution >= 4 is 32.9 Å². The van der Waals surface area contributed by atoms with Crippen molar-refractivity contribution in [2.45, 2.75) is 46.0 Å². The number of rotatable bonds is 4. The average molecular weight is 303 g/mol. The summed E-state index contributed by atoms with van der Waals surface area (Å²) in [5, 5.41) is 4.61. The van der Waals surface area contributed by atoms with E-state index in [1.807, 2.05) is 13.0 Å². The topological polar surface area (TPSA) is 50.9 Å². The molecule has 3 nitrogen and oxygen atoms in total. The number of benzene rings is 1. The average Bonchev–Trinajstić information content (AvgIpc) is 2.78. The maximum atomic E-state index is 6.15. The number of nitrogen functional groups attached to an aromatic ring is 1. The summed E-state index contributed by atoms with van der Waals surface area (Å²) < 4.78 is 1.18. The van der Waals surface area contributed by atoms with E-state index >= 15 is 0 Å². The van der Waals surface area contributed by atoms with Crippen LogP contribution in [0.2, 0.25) is 0 Å². The van der Waals surface area contributed by atoms with Gasteiger partial charge in [0.1, 0.15) is 0 Å². The Balaban J connectivity index is 1.60. The third kappa shape index (κ3) is 3.49. The summed E-state index contributed by atoms with van der Waals surface area (Å²) in [6.07, 6.45) is 6.85. The van der Waals surface area contributed by atoms with Crippen molar-refractivity contribution in [3.8, 4) is 0 Å². The van der Waals surface area contributed by atoms with Crippen molar-refractivity contribution in [1.29, 1.82) is 0 Å². The second kappa shape index (κ2) is 6.22. The van der Waals surface area contributed by atoms with Crippen molar-refractivity contribution < 1.29 is 0 Å². The smallest absolute Gasteiger partial charge is 0.0907 e. The molecule has 1 aromatic heterocycles. The minimum absolute atomic E-state index is 0.836. The van der Waals surface area contributed by atoms with Gasteiger partial charge < -0.3 is 11.1 Å². The van der Waals surface area contributed by atoms with Crippen molar-refractivity contribution in [3.63, 3.8) is 0 Å². The number of nitrogens with one attached hydrogen (secondary N) is 1. The minimum atomic E-state index is 0.836. The van der Waals surface area contributed by atoms with Crippen LogP contribution in [0.5, 0.6) is 0 Å². The number of anilines is 2. The van der Waals surface area contributed by atoms with E-state index < -0.39 is 0 Å². The predicted molar refractivity (Wildman–Crippen MR) is 93.0 cm³/mol. The first kappa shape index (κ1) is 14.6. The molecule has 0 bridgehead atoms. The zero-order chi connectivity index (χ0) is 14.8. The molecule has 114 valence electrons. The molecule has 3 N–H and O–H groups in total. The first-order valence-electron chi connectivity index (χ1n) is 8.02. The molecule has 1 heterocycles. The van der Waals surface area contributed by atoms with Gasteiger partial charge in [0.15, 0.2) is 0 Å². The Morgan fingerprint density at radius 2 is 2.24 bits per heavy atom. The molecule has 0 aliphatic heterocycles. The highest BCUT2D eigenvalue weighted by atomic mass is 32.1.